The number of hydrogen-bond acceptors (Lipinski definition) is 6. The fraction of sp³-hybridized carbons (Fsp3) is 0.545. The Morgan fingerprint density at radius 2 is 2.58 bits per heavy atom. The molecule has 0 aliphatic carbocycles. The average Bonchev–Trinajstić information content (AvgIpc) is 3.03. The van der Waals surface area contributed by atoms with E-state index < -0.39 is 4.92 Å². The lowest BCUT2D eigenvalue weighted by atomic mass is 10.0. The van der Waals surface area contributed by atoms with E-state index in [0.717, 1.165) is 13.0 Å². The quantitative estimate of drug-likeness (QED) is 0.686. The van der Waals surface area contributed by atoms with Gasteiger partial charge >= 0.3 is 5.82 Å². The Bertz CT molecular complexity index is 602. The molecule has 2 unspecified atom stereocenters. The second-order valence-electron chi connectivity index (χ2n) is 4.65. The van der Waals surface area contributed by atoms with E-state index in [-0.39, 0.29) is 11.9 Å². The van der Waals surface area contributed by atoms with Crippen molar-refractivity contribution >= 4 is 27.9 Å². The molecular weight excluding hydrogens is 268 g/mol. The van der Waals surface area contributed by atoms with Gasteiger partial charge in [0.05, 0.1) is 6.61 Å². The molecule has 2 aromatic rings. The summed E-state index contributed by atoms with van der Waals surface area (Å²) in [6, 6.07) is 0.103. The second-order valence-corrected chi connectivity index (χ2v) is 5.53. The zero-order valence-electron chi connectivity index (χ0n) is 10.4. The third-order valence-electron chi connectivity index (χ3n) is 3.45. The van der Waals surface area contributed by atoms with Crippen molar-refractivity contribution in [2.75, 3.05) is 18.5 Å². The minimum atomic E-state index is -0.396. The molecule has 1 aliphatic heterocycles. The molecule has 0 radical (unpaired) electrons. The molecule has 8 heteroatoms. The van der Waals surface area contributed by atoms with E-state index >= 15 is 0 Å². The van der Waals surface area contributed by atoms with Crippen LogP contribution in [-0.4, -0.2) is 33.6 Å². The number of hydrogen-bond donors (Lipinski definition) is 1. The van der Waals surface area contributed by atoms with Gasteiger partial charge in [0.1, 0.15) is 6.20 Å². The molecule has 3 rings (SSSR count). The van der Waals surface area contributed by atoms with Crippen LogP contribution in [0.2, 0.25) is 0 Å². The average molecular weight is 282 g/mol. The summed E-state index contributed by atoms with van der Waals surface area (Å²) in [6.07, 6.45) is 2.64. The number of anilines is 1. The molecule has 7 nitrogen and oxygen atoms in total. The summed E-state index contributed by atoms with van der Waals surface area (Å²) in [7, 11) is 0. The molecular formula is C11H14N4O3S. The van der Waals surface area contributed by atoms with E-state index in [1.54, 1.807) is 11.6 Å². The molecule has 2 aromatic heterocycles. The number of ether oxygens (including phenoxy) is 1. The van der Waals surface area contributed by atoms with E-state index in [1.807, 2.05) is 6.92 Å². The number of imidazole rings is 1. The van der Waals surface area contributed by atoms with E-state index in [9.17, 15) is 10.1 Å². The molecule has 0 amide bonds. The molecule has 1 saturated heterocycles. The number of aromatic nitrogens is 2. The Labute approximate surface area is 113 Å². The van der Waals surface area contributed by atoms with Crippen LogP contribution in [0, 0.1) is 16.0 Å². The zero-order valence-corrected chi connectivity index (χ0v) is 11.2. The SMILES string of the molecule is CC(Nc1nc2sccn2c1[N+](=O)[O-])C1CCOC1. The molecule has 0 saturated carbocycles. The third kappa shape index (κ3) is 2.17. The summed E-state index contributed by atoms with van der Waals surface area (Å²) >= 11 is 1.38. The number of thiazole rings is 1. The van der Waals surface area contributed by atoms with Crippen molar-refractivity contribution in [3.05, 3.63) is 21.7 Å². The van der Waals surface area contributed by atoms with Gasteiger partial charge in [0, 0.05) is 23.9 Å². The standard InChI is InChI=1S/C11H14N4O3S/c1-7(8-2-4-18-6-8)12-9-10(15(16)17)14-3-5-19-11(14)13-9/h3,5,7-8,12H,2,4,6H2,1H3. The molecule has 1 fully saturated rings. The summed E-state index contributed by atoms with van der Waals surface area (Å²) in [4.78, 5) is 15.7. The van der Waals surface area contributed by atoms with Gasteiger partial charge in [-0.2, -0.15) is 9.38 Å². The lowest BCUT2D eigenvalue weighted by molar-refractivity contribution is -0.389. The summed E-state index contributed by atoms with van der Waals surface area (Å²) in [5, 5.41) is 16.1. The maximum Gasteiger partial charge on any atom is 0.372 e. The number of nitro groups is 1. The first kappa shape index (κ1) is 12.4. The molecule has 19 heavy (non-hydrogen) atoms. The van der Waals surface area contributed by atoms with Crippen LogP contribution < -0.4 is 5.32 Å². The van der Waals surface area contributed by atoms with Crippen LogP contribution in [0.15, 0.2) is 11.6 Å². The maximum absolute atomic E-state index is 11.2. The van der Waals surface area contributed by atoms with E-state index in [4.69, 9.17) is 4.74 Å². The molecule has 1 N–H and O–H groups in total. The molecule has 102 valence electrons. The van der Waals surface area contributed by atoms with Gasteiger partial charge in [-0.05, 0) is 18.3 Å². The Morgan fingerprint density at radius 3 is 3.26 bits per heavy atom. The van der Waals surface area contributed by atoms with Crippen LogP contribution in [0.5, 0.6) is 0 Å². The van der Waals surface area contributed by atoms with Gasteiger partial charge in [0.15, 0.2) is 0 Å². The van der Waals surface area contributed by atoms with Crippen LogP contribution >= 0.6 is 11.3 Å². The maximum atomic E-state index is 11.2. The van der Waals surface area contributed by atoms with Crippen molar-refractivity contribution < 1.29 is 9.66 Å². The van der Waals surface area contributed by atoms with Crippen LogP contribution in [-0.2, 0) is 4.74 Å². The molecule has 0 bridgehead atoms. The Hall–Kier alpha value is -1.67. The van der Waals surface area contributed by atoms with Crippen LogP contribution in [0.4, 0.5) is 11.6 Å². The van der Waals surface area contributed by atoms with Crippen molar-refractivity contribution in [1.29, 1.82) is 0 Å². The van der Waals surface area contributed by atoms with Crippen LogP contribution in [0.1, 0.15) is 13.3 Å². The van der Waals surface area contributed by atoms with Gasteiger partial charge < -0.3 is 20.2 Å². The Balaban J connectivity index is 1.89. The van der Waals surface area contributed by atoms with Crippen LogP contribution in [0.25, 0.3) is 4.96 Å². The zero-order chi connectivity index (χ0) is 13.4. The number of nitrogens with one attached hydrogen (secondary N) is 1. The topological polar surface area (TPSA) is 81.7 Å². The lowest BCUT2D eigenvalue weighted by Gasteiger charge is -2.18. The predicted octanol–water partition coefficient (Wildman–Crippen LogP) is 2.14. The first-order valence-electron chi connectivity index (χ1n) is 6.11. The van der Waals surface area contributed by atoms with Crippen molar-refractivity contribution in [3.63, 3.8) is 0 Å². The summed E-state index contributed by atoms with van der Waals surface area (Å²) in [6.45, 7) is 3.47. The van der Waals surface area contributed by atoms with Gasteiger partial charge in [-0.3, -0.25) is 0 Å². The van der Waals surface area contributed by atoms with Gasteiger partial charge in [-0.25, -0.2) is 0 Å². The first-order valence-corrected chi connectivity index (χ1v) is 6.99. The summed E-state index contributed by atoms with van der Waals surface area (Å²) in [5.74, 6) is 0.720. The Morgan fingerprint density at radius 1 is 1.74 bits per heavy atom. The number of nitrogens with zero attached hydrogens (tertiary/aromatic N) is 3. The van der Waals surface area contributed by atoms with E-state index in [0.29, 0.717) is 23.3 Å². The fourth-order valence-corrected chi connectivity index (χ4v) is 3.03. The van der Waals surface area contributed by atoms with E-state index in [2.05, 4.69) is 10.3 Å². The summed E-state index contributed by atoms with van der Waals surface area (Å²) < 4.78 is 6.84. The van der Waals surface area contributed by atoms with Gasteiger partial charge in [0.2, 0.25) is 5.82 Å². The molecule has 0 spiro atoms. The van der Waals surface area contributed by atoms with Crippen molar-refractivity contribution in [3.8, 4) is 0 Å². The van der Waals surface area contributed by atoms with E-state index in [1.165, 1.54) is 15.7 Å². The highest BCUT2D eigenvalue weighted by Crippen LogP contribution is 2.30. The van der Waals surface area contributed by atoms with Crippen molar-refractivity contribution in [2.45, 2.75) is 19.4 Å². The minimum absolute atomic E-state index is 0.00187. The van der Waals surface area contributed by atoms with Gasteiger partial charge in [-0.15, -0.1) is 0 Å². The van der Waals surface area contributed by atoms with Gasteiger partial charge in [0.25, 0.3) is 4.96 Å². The second kappa shape index (κ2) is 4.78. The molecule has 1 aliphatic rings. The Kier molecular flexibility index (Phi) is 3.11. The largest absolute Gasteiger partial charge is 0.381 e. The first-order chi connectivity index (χ1) is 9.16. The van der Waals surface area contributed by atoms with Crippen molar-refractivity contribution in [1.82, 2.24) is 9.38 Å². The smallest absolute Gasteiger partial charge is 0.372 e. The fourth-order valence-electron chi connectivity index (χ4n) is 2.33. The highest BCUT2D eigenvalue weighted by molar-refractivity contribution is 7.15. The summed E-state index contributed by atoms with van der Waals surface area (Å²) in [5.41, 5.74) is 0. The van der Waals surface area contributed by atoms with Crippen LogP contribution in [0.3, 0.4) is 0 Å². The normalized spacial score (nSPS) is 20.8. The predicted molar refractivity (Wildman–Crippen MR) is 71.7 cm³/mol. The number of rotatable bonds is 4. The third-order valence-corrected chi connectivity index (χ3v) is 4.20. The molecule has 0 aromatic carbocycles. The lowest BCUT2D eigenvalue weighted by Crippen LogP contribution is -2.26. The van der Waals surface area contributed by atoms with Crippen molar-refractivity contribution in [2.24, 2.45) is 5.92 Å². The minimum Gasteiger partial charge on any atom is -0.381 e. The number of fused-ring (bicyclic) bond motifs is 1. The highest BCUT2D eigenvalue weighted by Gasteiger charge is 2.28. The van der Waals surface area contributed by atoms with Gasteiger partial charge in [-0.1, -0.05) is 11.3 Å². The monoisotopic (exact) mass is 282 g/mol. The highest BCUT2D eigenvalue weighted by atomic mass is 32.1. The molecule has 2 atom stereocenters. The molecule has 3 heterocycles.